The molecule has 0 saturated heterocycles. The fourth-order valence-electron chi connectivity index (χ4n) is 2.88. The molecule has 34 heavy (non-hydrogen) atoms. The molecule has 2 rings (SSSR count). The molecule has 0 bridgehead atoms. The number of rotatable bonds is 11. The Balaban J connectivity index is 1.53. The highest BCUT2D eigenvalue weighted by Crippen LogP contribution is 2.18. The number of hydrazine groups is 1. The van der Waals surface area contributed by atoms with Gasteiger partial charge in [0, 0.05) is 6.42 Å². The molecule has 0 radical (unpaired) electrons. The van der Waals surface area contributed by atoms with E-state index < -0.39 is 17.8 Å². The molecule has 2 aromatic rings. The molecule has 0 saturated carbocycles. The summed E-state index contributed by atoms with van der Waals surface area (Å²) in [7, 11) is 0. The number of nitrogens with one attached hydrogen (secondary N) is 3. The van der Waals surface area contributed by atoms with Crippen molar-refractivity contribution >= 4 is 35.1 Å². The first-order chi connectivity index (χ1) is 16.3. The largest absolute Gasteiger partial charge is 0.484 e. The molecular weight excluding hydrogens is 454 g/mol. The first-order valence-corrected chi connectivity index (χ1v) is 11.5. The lowest BCUT2D eigenvalue weighted by Gasteiger charge is -2.12. The highest BCUT2D eigenvalue weighted by Gasteiger charge is 2.10. The fraction of sp³-hybridized carbons (Fsp3) is 0.360. The average molecular weight is 486 g/mol. The van der Waals surface area contributed by atoms with Gasteiger partial charge in [-0.3, -0.25) is 25.2 Å². The predicted molar refractivity (Wildman–Crippen MR) is 133 cm³/mol. The highest BCUT2D eigenvalue weighted by molar-refractivity contribution is 7.80. The molecule has 0 aliphatic heterocycles. The molecule has 182 valence electrons. The Hall–Kier alpha value is -3.46. The van der Waals surface area contributed by atoms with Crippen molar-refractivity contribution in [3.8, 4) is 5.75 Å². The molecule has 3 N–H and O–H groups in total. The first-order valence-electron chi connectivity index (χ1n) is 11.1. The standard InChI is InChI=1S/C25H31N3O5S/c1-18(2)20-10-12-21(13-11-20)33-17-23(30)27-28-25(34)26-22(29)14-15-24(31)32-16-6-9-19-7-4-3-5-8-19/h3-5,7-8,10-13,18H,6,9,14-17H2,1-2H3,(H,27,30)(H2,26,28,29,34). The minimum Gasteiger partial charge on any atom is -0.484 e. The molecular formula is C25H31N3O5S. The van der Waals surface area contributed by atoms with Gasteiger partial charge in [0.05, 0.1) is 13.0 Å². The summed E-state index contributed by atoms with van der Waals surface area (Å²) in [6.07, 6.45) is 1.39. The van der Waals surface area contributed by atoms with E-state index in [1.807, 2.05) is 42.5 Å². The zero-order valence-corrected chi connectivity index (χ0v) is 20.3. The summed E-state index contributed by atoms with van der Waals surface area (Å²) in [5.41, 5.74) is 7.12. The molecule has 0 unspecified atom stereocenters. The fourth-order valence-corrected chi connectivity index (χ4v) is 3.04. The van der Waals surface area contributed by atoms with E-state index in [1.165, 1.54) is 11.1 Å². The van der Waals surface area contributed by atoms with E-state index in [-0.39, 0.29) is 24.6 Å². The van der Waals surface area contributed by atoms with Gasteiger partial charge in [-0.2, -0.15) is 0 Å². The second kappa shape index (κ2) is 14.6. The number of benzene rings is 2. The van der Waals surface area contributed by atoms with Crippen LogP contribution in [0.1, 0.15) is 50.2 Å². The molecule has 0 fully saturated rings. The van der Waals surface area contributed by atoms with Crippen LogP contribution >= 0.6 is 12.2 Å². The SMILES string of the molecule is CC(C)c1ccc(OCC(=O)NNC(=S)NC(=O)CCC(=O)OCCCc2ccccc2)cc1. The van der Waals surface area contributed by atoms with Crippen molar-refractivity contribution in [2.75, 3.05) is 13.2 Å². The van der Waals surface area contributed by atoms with Crippen molar-refractivity contribution in [1.29, 1.82) is 0 Å². The Bertz CT molecular complexity index is 949. The summed E-state index contributed by atoms with van der Waals surface area (Å²) >= 11 is 4.96. The summed E-state index contributed by atoms with van der Waals surface area (Å²) in [6.45, 7) is 4.26. The van der Waals surface area contributed by atoms with E-state index in [2.05, 4.69) is 30.0 Å². The molecule has 9 heteroatoms. The van der Waals surface area contributed by atoms with E-state index in [4.69, 9.17) is 21.7 Å². The summed E-state index contributed by atoms with van der Waals surface area (Å²) < 4.78 is 10.6. The number of carbonyl (C=O) groups excluding carboxylic acids is 3. The quantitative estimate of drug-likeness (QED) is 0.194. The van der Waals surface area contributed by atoms with Crippen LogP contribution in [0.25, 0.3) is 0 Å². The maximum atomic E-state index is 11.9. The van der Waals surface area contributed by atoms with Gasteiger partial charge in [0.25, 0.3) is 5.91 Å². The van der Waals surface area contributed by atoms with Gasteiger partial charge < -0.3 is 14.8 Å². The van der Waals surface area contributed by atoms with Gasteiger partial charge in [0.15, 0.2) is 11.7 Å². The topological polar surface area (TPSA) is 106 Å². The van der Waals surface area contributed by atoms with Crippen LogP contribution in [0.4, 0.5) is 0 Å². The summed E-state index contributed by atoms with van der Waals surface area (Å²) in [5, 5.41) is 2.30. The second-order valence-corrected chi connectivity index (χ2v) is 8.28. The zero-order chi connectivity index (χ0) is 24.8. The van der Waals surface area contributed by atoms with Gasteiger partial charge in [0.2, 0.25) is 5.91 Å². The van der Waals surface area contributed by atoms with Gasteiger partial charge in [-0.15, -0.1) is 0 Å². The van der Waals surface area contributed by atoms with E-state index >= 15 is 0 Å². The van der Waals surface area contributed by atoms with Gasteiger partial charge >= 0.3 is 5.97 Å². The Morgan fingerprint density at radius 2 is 1.62 bits per heavy atom. The highest BCUT2D eigenvalue weighted by atomic mass is 32.1. The van der Waals surface area contributed by atoms with Crippen molar-refractivity contribution in [3.63, 3.8) is 0 Å². The van der Waals surface area contributed by atoms with Crippen LogP contribution in [0.3, 0.4) is 0 Å². The Kier molecular flexibility index (Phi) is 11.5. The van der Waals surface area contributed by atoms with Gasteiger partial charge in [-0.1, -0.05) is 56.3 Å². The van der Waals surface area contributed by atoms with Crippen LogP contribution in [0.2, 0.25) is 0 Å². The zero-order valence-electron chi connectivity index (χ0n) is 19.5. The van der Waals surface area contributed by atoms with Crippen LogP contribution in [0.15, 0.2) is 54.6 Å². The van der Waals surface area contributed by atoms with Crippen molar-refractivity contribution in [2.45, 2.75) is 45.4 Å². The third kappa shape index (κ3) is 10.9. The first kappa shape index (κ1) is 26.8. The molecule has 0 spiro atoms. The van der Waals surface area contributed by atoms with Crippen molar-refractivity contribution in [2.24, 2.45) is 0 Å². The van der Waals surface area contributed by atoms with E-state index in [9.17, 15) is 14.4 Å². The Labute approximate surface area is 205 Å². The number of hydrogen-bond acceptors (Lipinski definition) is 6. The van der Waals surface area contributed by atoms with E-state index in [0.29, 0.717) is 24.7 Å². The number of aryl methyl sites for hydroxylation is 1. The lowest BCUT2D eigenvalue weighted by atomic mass is 10.0. The molecule has 2 amide bonds. The predicted octanol–water partition coefficient (Wildman–Crippen LogP) is 3.17. The third-order valence-electron chi connectivity index (χ3n) is 4.76. The maximum absolute atomic E-state index is 11.9. The number of ether oxygens (including phenoxy) is 2. The van der Waals surface area contributed by atoms with Crippen LogP contribution in [0, 0.1) is 0 Å². The number of amides is 2. The lowest BCUT2D eigenvalue weighted by molar-refractivity contribution is -0.145. The Morgan fingerprint density at radius 1 is 0.912 bits per heavy atom. The van der Waals surface area contributed by atoms with Gasteiger partial charge in [-0.25, -0.2) is 0 Å². The number of carbonyl (C=O) groups is 3. The van der Waals surface area contributed by atoms with Gasteiger partial charge in [-0.05, 0) is 54.2 Å². The lowest BCUT2D eigenvalue weighted by Crippen LogP contribution is -2.49. The minimum absolute atomic E-state index is 0.0599. The number of hydrogen-bond donors (Lipinski definition) is 3. The van der Waals surface area contributed by atoms with Crippen molar-refractivity contribution in [1.82, 2.24) is 16.2 Å². The number of thiocarbonyl (C=S) groups is 1. The monoisotopic (exact) mass is 485 g/mol. The van der Waals surface area contributed by atoms with Crippen LogP contribution in [-0.4, -0.2) is 36.1 Å². The second-order valence-electron chi connectivity index (χ2n) is 7.87. The molecule has 8 nitrogen and oxygen atoms in total. The minimum atomic E-state index is -0.469. The third-order valence-corrected chi connectivity index (χ3v) is 4.96. The summed E-state index contributed by atoms with van der Waals surface area (Å²) in [6, 6.07) is 17.4. The van der Waals surface area contributed by atoms with E-state index in [1.54, 1.807) is 12.1 Å². The van der Waals surface area contributed by atoms with Crippen molar-refractivity contribution < 1.29 is 23.9 Å². The van der Waals surface area contributed by atoms with Gasteiger partial charge in [0.1, 0.15) is 5.75 Å². The van der Waals surface area contributed by atoms with Crippen molar-refractivity contribution in [3.05, 3.63) is 65.7 Å². The van der Waals surface area contributed by atoms with Crippen LogP contribution in [-0.2, 0) is 25.5 Å². The maximum Gasteiger partial charge on any atom is 0.306 e. The molecule has 0 aliphatic carbocycles. The molecule has 0 heterocycles. The summed E-state index contributed by atoms with van der Waals surface area (Å²) in [4.78, 5) is 35.6. The molecule has 0 aliphatic rings. The normalized spacial score (nSPS) is 10.3. The molecule has 0 aromatic heterocycles. The van der Waals surface area contributed by atoms with Crippen LogP contribution in [0.5, 0.6) is 5.75 Å². The molecule has 2 aromatic carbocycles. The Morgan fingerprint density at radius 3 is 2.29 bits per heavy atom. The number of esters is 1. The summed E-state index contributed by atoms with van der Waals surface area (Å²) in [5.74, 6) is -0.400. The average Bonchev–Trinajstić information content (AvgIpc) is 2.83. The van der Waals surface area contributed by atoms with Crippen LogP contribution < -0.4 is 20.9 Å². The smallest absolute Gasteiger partial charge is 0.306 e. The molecule has 0 atom stereocenters. The van der Waals surface area contributed by atoms with E-state index in [0.717, 1.165) is 6.42 Å².